The molecule has 0 bridgehead atoms. The van der Waals surface area contributed by atoms with Crippen LogP contribution in [0, 0.1) is 5.82 Å². The summed E-state index contributed by atoms with van der Waals surface area (Å²) in [4.78, 5) is 1.97. The number of rotatable bonds is 5. The molecule has 3 nitrogen and oxygen atoms in total. The fourth-order valence-electron chi connectivity index (χ4n) is 1.60. The van der Waals surface area contributed by atoms with Crippen LogP contribution in [0.4, 0.5) is 4.39 Å². The Labute approximate surface area is 106 Å². The van der Waals surface area contributed by atoms with E-state index >= 15 is 0 Å². The van der Waals surface area contributed by atoms with E-state index in [0.29, 0.717) is 12.1 Å². The van der Waals surface area contributed by atoms with E-state index in [-0.39, 0.29) is 4.90 Å². The highest BCUT2D eigenvalue weighted by Gasteiger charge is 2.17. The fourth-order valence-corrected chi connectivity index (χ4v) is 2.72. The van der Waals surface area contributed by atoms with Crippen LogP contribution in [0.3, 0.4) is 0 Å². The van der Waals surface area contributed by atoms with Gasteiger partial charge in [0.2, 0.25) is 0 Å². The normalized spacial score (nSPS) is 12.1. The first kappa shape index (κ1) is 14.4. The predicted molar refractivity (Wildman–Crippen MR) is 66.1 cm³/mol. The van der Waals surface area contributed by atoms with Crippen molar-refractivity contribution in [2.45, 2.75) is 25.3 Å². The lowest BCUT2D eigenvalue weighted by Gasteiger charge is -2.19. The van der Waals surface area contributed by atoms with E-state index in [1.54, 1.807) is 0 Å². The highest BCUT2D eigenvalue weighted by molar-refractivity contribution is 8.13. The molecule has 0 aliphatic rings. The van der Waals surface area contributed by atoms with Crippen LogP contribution in [-0.2, 0) is 15.6 Å². The minimum Gasteiger partial charge on any atom is -0.300 e. The average molecular weight is 280 g/mol. The van der Waals surface area contributed by atoms with E-state index in [2.05, 4.69) is 0 Å². The molecule has 0 N–H and O–H groups in total. The second-order valence-corrected chi connectivity index (χ2v) is 6.19. The van der Waals surface area contributed by atoms with Gasteiger partial charge in [-0.1, -0.05) is 13.8 Å². The molecular weight excluding hydrogens is 265 g/mol. The van der Waals surface area contributed by atoms with Gasteiger partial charge in [-0.2, -0.15) is 0 Å². The maximum Gasteiger partial charge on any atom is 0.261 e. The molecule has 1 aromatic carbocycles. The van der Waals surface area contributed by atoms with Gasteiger partial charge in [0.15, 0.2) is 0 Å². The molecule has 0 fully saturated rings. The van der Waals surface area contributed by atoms with Crippen molar-refractivity contribution in [3.8, 4) is 0 Å². The van der Waals surface area contributed by atoms with Crippen molar-refractivity contribution in [2.75, 3.05) is 13.1 Å². The van der Waals surface area contributed by atoms with Crippen molar-refractivity contribution < 1.29 is 12.8 Å². The van der Waals surface area contributed by atoms with Crippen molar-refractivity contribution in [3.05, 3.63) is 29.6 Å². The summed E-state index contributed by atoms with van der Waals surface area (Å²) in [6.07, 6.45) is 0. The minimum atomic E-state index is -3.83. The monoisotopic (exact) mass is 279 g/mol. The molecule has 6 heteroatoms. The molecule has 0 saturated carbocycles. The van der Waals surface area contributed by atoms with Gasteiger partial charge >= 0.3 is 0 Å². The van der Waals surface area contributed by atoms with E-state index in [1.165, 1.54) is 12.1 Å². The largest absolute Gasteiger partial charge is 0.300 e. The Hall–Kier alpha value is -0.650. The van der Waals surface area contributed by atoms with E-state index in [1.807, 2.05) is 18.7 Å². The third-order valence-electron chi connectivity index (χ3n) is 2.57. The van der Waals surface area contributed by atoms with Crippen molar-refractivity contribution in [1.29, 1.82) is 0 Å². The molecule has 0 aromatic heterocycles. The number of nitrogens with zero attached hydrogens (tertiary/aromatic N) is 1. The maximum atomic E-state index is 13.1. The summed E-state index contributed by atoms with van der Waals surface area (Å²) in [5.41, 5.74) is 0.392. The molecule has 17 heavy (non-hydrogen) atoms. The van der Waals surface area contributed by atoms with E-state index < -0.39 is 14.9 Å². The molecule has 1 rings (SSSR count). The smallest absolute Gasteiger partial charge is 0.261 e. The Morgan fingerprint density at radius 3 is 2.35 bits per heavy atom. The zero-order valence-electron chi connectivity index (χ0n) is 9.78. The second-order valence-electron chi connectivity index (χ2n) is 3.65. The lowest BCUT2D eigenvalue weighted by molar-refractivity contribution is 0.293. The van der Waals surface area contributed by atoms with Crippen molar-refractivity contribution >= 4 is 19.7 Å². The lowest BCUT2D eigenvalue weighted by atomic mass is 10.2. The van der Waals surface area contributed by atoms with Crippen molar-refractivity contribution in [3.63, 3.8) is 0 Å². The Balaban J connectivity index is 3.16. The first-order valence-electron chi connectivity index (χ1n) is 5.34. The zero-order chi connectivity index (χ0) is 13.1. The summed E-state index contributed by atoms with van der Waals surface area (Å²) >= 11 is 0. The Kier molecular flexibility index (Phi) is 4.91. The molecule has 0 aliphatic carbocycles. The van der Waals surface area contributed by atoms with Crippen LogP contribution in [0.2, 0.25) is 0 Å². The molecule has 0 amide bonds. The summed E-state index contributed by atoms with van der Waals surface area (Å²) in [5.74, 6) is -0.462. The van der Waals surface area contributed by atoms with Gasteiger partial charge in [0.05, 0.1) is 4.90 Å². The quantitative estimate of drug-likeness (QED) is 0.778. The predicted octanol–water partition coefficient (Wildman–Crippen LogP) is 2.60. The molecular formula is C11H15ClFNO2S. The number of halogens is 2. The highest BCUT2D eigenvalue weighted by Crippen LogP contribution is 2.22. The molecule has 0 spiro atoms. The van der Waals surface area contributed by atoms with Gasteiger partial charge in [0.1, 0.15) is 5.82 Å². The standard InChI is InChI=1S/C11H15ClFNO2S/c1-3-14(4-2)8-9-7-10(13)5-6-11(9)17(12,15)16/h5-7H,3-4,8H2,1-2H3. The van der Waals surface area contributed by atoms with Gasteiger partial charge in [-0.15, -0.1) is 0 Å². The summed E-state index contributed by atoms with van der Waals surface area (Å²) in [5, 5.41) is 0. The highest BCUT2D eigenvalue weighted by atomic mass is 35.7. The van der Waals surface area contributed by atoms with Gasteiger partial charge < -0.3 is 0 Å². The lowest BCUT2D eigenvalue weighted by Crippen LogP contribution is -2.23. The van der Waals surface area contributed by atoms with Crippen molar-refractivity contribution in [1.82, 2.24) is 4.90 Å². The van der Waals surface area contributed by atoms with Gasteiger partial charge in [0, 0.05) is 17.2 Å². The molecule has 0 aliphatic heterocycles. The van der Waals surface area contributed by atoms with Crippen LogP contribution >= 0.6 is 10.7 Å². The van der Waals surface area contributed by atoms with Crippen LogP contribution in [0.25, 0.3) is 0 Å². The fraction of sp³-hybridized carbons (Fsp3) is 0.455. The van der Waals surface area contributed by atoms with Gasteiger partial charge in [-0.05, 0) is 36.9 Å². The van der Waals surface area contributed by atoms with Crippen LogP contribution in [0.15, 0.2) is 23.1 Å². The SMILES string of the molecule is CCN(CC)Cc1cc(F)ccc1S(=O)(=O)Cl. The van der Waals surface area contributed by atoms with Crippen LogP contribution in [0.1, 0.15) is 19.4 Å². The van der Waals surface area contributed by atoms with Gasteiger partial charge in [-0.25, -0.2) is 12.8 Å². The van der Waals surface area contributed by atoms with Crippen LogP contribution < -0.4 is 0 Å². The molecule has 0 unspecified atom stereocenters. The Morgan fingerprint density at radius 1 is 1.29 bits per heavy atom. The molecule has 96 valence electrons. The van der Waals surface area contributed by atoms with Gasteiger partial charge in [-0.3, -0.25) is 4.90 Å². The summed E-state index contributed by atoms with van der Waals surface area (Å²) in [7, 11) is 1.48. The number of benzene rings is 1. The minimum absolute atomic E-state index is 0.0209. The van der Waals surface area contributed by atoms with Crippen LogP contribution in [0.5, 0.6) is 0 Å². The molecule has 0 saturated heterocycles. The third-order valence-corrected chi connectivity index (χ3v) is 4.00. The van der Waals surface area contributed by atoms with E-state index in [9.17, 15) is 12.8 Å². The number of hydrogen-bond acceptors (Lipinski definition) is 3. The van der Waals surface area contributed by atoms with E-state index in [0.717, 1.165) is 19.2 Å². The summed E-state index contributed by atoms with van der Waals surface area (Å²) < 4.78 is 35.8. The second kappa shape index (κ2) is 5.80. The van der Waals surface area contributed by atoms with Crippen molar-refractivity contribution in [2.24, 2.45) is 0 Å². The first-order chi connectivity index (χ1) is 7.88. The summed E-state index contributed by atoms with van der Waals surface area (Å²) in [6.45, 7) is 5.80. The maximum absolute atomic E-state index is 13.1. The molecule has 0 heterocycles. The Bertz CT molecular complexity index is 486. The van der Waals surface area contributed by atoms with E-state index in [4.69, 9.17) is 10.7 Å². The molecule has 0 atom stereocenters. The van der Waals surface area contributed by atoms with Crippen LogP contribution in [-0.4, -0.2) is 26.4 Å². The van der Waals surface area contributed by atoms with Gasteiger partial charge in [0.25, 0.3) is 9.05 Å². The number of hydrogen-bond donors (Lipinski definition) is 0. The third kappa shape index (κ3) is 3.94. The summed E-state index contributed by atoms with van der Waals surface area (Å²) in [6, 6.07) is 3.52. The molecule has 1 aromatic rings. The zero-order valence-corrected chi connectivity index (χ0v) is 11.4. The topological polar surface area (TPSA) is 37.4 Å². The average Bonchev–Trinajstić information content (AvgIpc) is 2.24. The first-order valence-corrected chi connectivity index (χ1v) is 7.64. The Morgan fingerprint density at radius 2 is 1.88 bits per heavy atom. The molecule has 0 radical (unpaired) electrons.